The van der Waals surface area contributed by atoms with Crippen molar-refractivity contribution in [1.82, 2.24) is 34.0 Å². The number of nitrogens with one attached hydrogen (secondary N) is 1. The summed E-state index contributed by atoms with van der Waals surface area (Å²) in [7, 11) is 4.09. The SMILES string of the molecule is Cc1nc2ccc(-c3ccn4nc(NC5CN(C)C5)ncc34)nc2n1C. The molecule has 5 heterocycles. The molecular weight excluding hydrogens is 328 g/mol. The number of likely N-dealkylation sites (tertiary alicyclic amines) is 1. The molecule has 1 aliphatic rings. The lowest BCUT2D eigenvalue weighted by molar-refractivity contribution is 0.204. The molecule has 1 saturated heterocycles. The Balaban J connectivity index is 1.52. The molecular formula is C18H20N8. The maximum atomic E-state index is 4.80. The summed E-state index contributed by atoms with van der Waals surface area (Å²) in [6, 6.07) is 6.46. The number of nitrogens with zero attached hydrogens (tertiary/aromatic N) is 7. The molecule has 0 amide bonds. The molecule has 8 heteroatoms. The summed E-state index contributed by atoms with van der Waals surface area (Å²) in [5.74, 6) is 1.61. The monoisotopic (exact) mass is 348 g/mol. The van der Waals surface area contributed by atoms with Crippen LogP contribution in [0, 0.1) is 6.92 Å². The molecule has 0 unspecified atom stereocenters. The van der Waals surface area contributed by atoms with Crippen LogP contribution in [-0.4, -0.2) is 60.2 Å². The van der Waals surface area contributed by atoms with E-state index in [0.717, 1.165) is 46.9 Å². The van der Waals surface area contributed by atoms with Crippen LogP contribution in [0.5, 0.6) is 0 Å². The molecule has 0 saturated carbocycles. The van der Waals surface area contributed by atoms with Crippen molar-refractivity contribution in [2.24, 2.45) is 7.05 Å². The highest BCUT2D eigenvalue weighted by Crippen LogP contribution is 2.26. The van der Waals surface area contributed by atoms with Crippen molar-refractivity contribution in [1.29, 1.82) is 0 Å². The molecule has 0 spiro atoms. The second kappa shape index (κ2) is 5.50. The lowest BCUT2D eigenvalue weighted by Crippen LogP contribution is -2.52. The molecule has 4 aromatic heterocycles. The van der Waals surface area contributed by atoms with E-state index >= 15 is 0 Å². The number of fused-ring (bicyclic) bond motifs is 2. The minimum atomic E-state index is 0.421. The first-order valence-corrected chi connectivity index (χ1v) is 8.68. The van der Waals surface area contributed by atoms with Crippen LogP contribution in [0.4, 0.5) is 5.95 Å². The zero-order chi connectivity index (χ0) is 17.8. The van der Waals surface area contributed by atoms with Crippen LogP contribution in [0.2, 0.25) is 0 Å². The maximum absolute atomic E-state index is 4.80. The fourth-order valence-corrected chi connectivity index (χ4v) is 3.48. The van der Waals surface area contributed by atoms with Crippen LogP contribution < -0.4 is 5.32 Å². The summed E-state index contributed by atoms with van der Waals surface area (Å²) >= 11 is 0. The van der Waals surface area contributed by atoms with Crippen molar-refractivity contribution in [3.05, 3.63) is 36.4 Å². The van der Waals surface area contributed by atoms with Crippen molar-refractivity contribution in [2.75, 3.05) is 25.5 Å². The van der Waals surface area contributed by atoms with E-state index in [4.69, 9.17) is 4.98 Å². The summed E-state index contributed by atoms with van der Waals surface area (Å²) in [5.41, 5.74) is 4.64. The van der Waals surface area contributed by atoms with Crippen molar-refractivity contribution in [2.45, 2.75) is 13.0 Å². The third-order valence-corrected chi connectivity index (χ3v) is 5.03. The Kier molecular flexibility index (Phi) is 3.23. The Bertz CT molecular complexity index is 1120. The minimum absolute atomic E-state index is 0.421. The summed E-state index contributed by atoms with van der Waals surface area (Å²) in [6.45, 7) is 4.02. The van der Waals surface area contributed by atoms with E-state index in [2.05, 4.69) is 32.3 Å². The fraction of sp³-hybridized carbons (Fsp3) is 0.333. The van der Waals surface area contributed by atoms with Gasteiger partial charge in [-0.05, 0) is 32.2 Å². The van der Waals surface area contributed by atoms with Crippen LogP contribution >= 0.6 is 0 Å². The molecule has 26 heavy (non-hydrogen) atoms. The zero-order valence-corrected chi connectivity index (χ0v) is 15.0. The topological polar surface area (TPSA) is 76.2 Å². The predicted octanol–water partition coefficient (Wildman–Crippen LogP) is 1.71. The number of hydrogen-bond acceptors (Lipinski definition) is 6. The van der Waals surface area contributed by atoms with Gasteiger partial charge in [-0.15, -0.1) is 5.10 Å². The van der Waals surface area contributed by atoms with Gasteiger partial charge in [0.15, 0.2) is 5.65 Å². The molecule has 0 aromatic carbocycles. The second-order valence-electron chi connectivity index (χ2n) is 6.96. The number of likely N-dealkylation sites (N-methyl/N-ethyl adjacent to an activating group) is 1. The van der Waals surface area contributed by atoms with Gasteiger partial charge >= 0.3 is 0 Å². The summed E-state index contributed by atoms with van der Waals surface area (Å²) in [5, 5.41) is 7.96. The highest BCUT2D eigenvalue weighted by molar-refractivity contribution is 5.82. The third-order valence-electron chi connectivity index (χ3n) is 5.03. The van der Waals surface area contributed by atoms with Crippen LogP contribution in [0.15, 0.2) is 30.6 Å². The van der Waals surface area contributed by atoms with Gasteiger partial charge < -0.3 is 14.8 Å². The standard InChI is InChI=1S/C18H20N8/c1-11-20-15-5-4-14(22-17(15)25(11)3)13-6-7-26-16(13)8-19-18(23-26)21-12-9-24(2)10-12/h4-8,12H,9-10H2,1-3H3,(H,21,23). The van der Waals surface area contributed by atoms with Crippen molar-refractivity contribution in [3.8, 4) is 11.3 Å². The lowest BCUT2D eigenvalue weighted by atomic mass is 10.1. The van der Waals surface area contributed by atoms with Gasteiger partial charge in [0, 0.05) is 31.9 Å². The smallest absolute Gasteiger partial charge is 0.241 e. The minimum Gasteiger partial charge on any atom is -0.348 e. The van der Waals surface area contributed by atoms with E-state index in [1.54, 1.807) is 0 Å². The average molecular weight is 348 g/mol. The molecule has 0 aliphatic carbocycles. The van der Waals surface area contributed by atoms with Crippen molar-refractivity contribution in [3.63, 3.8) is 0 Å². The molecule has 0 radical (unpaired) electrons. The van der Waals surface area contributed by atoms with Gasteiger partial charge in [-0.1, -0.05) is 0 Å². The first kappa shape index (κ1) is 15.3. The normalized spacial score (nSPS) is 15.7. The fourth-order valence-electron chi connectivity index (χ4n) is 3.48. The van der Waals surface area contributed by atoms with Crippen LogP contribution in [-0.2, 0) is 7.05 Å². The first-order valence-electron chi connectivity index (χ1n) is 8.68. The van der Waals surface area contributed by atoms with Crippen LogP contribution in [0.3, 0.4) is 0 Å². The van der Waals surface area contributed by atoms with Crippen LogP contribution in [0.25, 0.3) is 27.9 Å². The number of aryl methyl sites for hydroxylation is 2. The molecule has 0 atom stereocenters. The van der Waals surface area contributed by atoms with Crippen molar-refractivity contribution < 1.29 is 0 Å². The zero-order valence-electron chi connectivity index (χ0n) is 15.0. The summed E-state index contributed by atoms with van der Waals surface area (Å²) in [4.78, 5) is 16.1. The van der Waals surface area contributed by atoms with Crippen LogP contribution in [0.1, 0.15) is 5.82 Å². The quantitative estimate of drug-likeness (QED) is 0.607. The van der Waals surface area contributed by atoms with E-state index in [1.807, 2.05) is 53.6 Å². The number of hydrogen-bond donors (Lipinski definition) is 1. The summed E-state index contributed by atoms with van der Waals surface area (Å²) in [6.07, 6.45) is 3.80. The van der Waals surface area contributed by atoms with Crippen molar-refractivity contribution >= 4 is 22.6 Å². The number of aromatic nitrogens is 6. The van der Waals surface area contributed by atoms with Gasteiger partial charge in [-0.3, -0.25) is 0 Å². The molecule has 5 rings (SSSR count). The predicted molar refractivity (Wildman–Crippen MR) is 100 cm³/mol. The van der Waals surface area contributed by atoms with Gasteiger partial charge in [-0.2, -0.15) is 0 Å². The molecule has 1 N–H and O–H groups in total. The van der Waals surface area contributed by atoms with E-state index in [9.17, 15) is 0 Å². The van der Waals surface area contributed by atoms with Gasteiger partial charge in [-0.25, -0.2) is 19.5 Å². The first-order chi connectivity index (χ1) is 12.6. The highest BCUT2D eigenvalue weighted by atomic mass is 15.3. The number of imidazole rings is 1. The Labute approximate surface area is 150 Å². The maximum Gasteiger partial charge on any atom is 0.241 e. The van der Waals surface area contributed by atoms with Gasteiger partial charge in [0.2, 0.25) is 5.95 Å². The molecule has 4 aromatic rings. The Morgan fingerprint density at radius 2 is 1.96 bits per heavy atom. The lowest BCUT2D eigenvalue weighted by Gasteiger charge is -2.36. The number of pyridine rings is 1. The second-order valence-corrected chi connectivity index (χ2v) is 6.96. The van der Waals surface area contributed by atoms with Gasteiger partial charge in [0.25, 0.3) is 0 Å². The summed E-state index contributed by atoms with van der Waals surface area (Å²) < 4.78 is 3.86. The van der Waals surface area contributed by atoms with E-state index < -0.39 is 0 Å². The van der Waals surface area contributed by atoms with Gasteiger partial charge in [0.05, 0.1) is 23.4 Å². The largest absolute Gasteiger partial charge is 0.348 e. The Morgan fingerprint density at radius 3 is 2.77 bits per heavy atom. The molecule has 132 valence electrons. The Morgan fingerprint density at radius 1 is 1.12 bits per heavy atom. The van der Waals surface area contributed by atoms with E-state index in [-0.39, 0.29) is 0 Å². The molecule has 1 aliphatic heterocycles. The number of anilines is 1. The van der Waals surface area contributed by atoms with E-state index in [1.165, 1.54) is 0 Å². The third kappa shape index (κ3) is 2.33. The average Bonchev–Trinajstić information content (AvgIpc) is 3.14. The van der Waals surface area contributed by atoms with Gasteiger partial charge in [0.1, 0.15) is 11.3 Å². The molecule has 1 fully saturated rings. The Hall–Kier alpha value is -3.00. The van der Waals surface area contributed by atoms with E-state index in [0.29, 0.717) is 12.0 Å². The number of rotatable bonds is 3. The molecule has 8 nitrogen and oxygen atoms in total. The molecule has 0 bridgehead atoms. The highest BCUT2D eigenvalue weighted by Gasteiger charge is 2.23.